The molecule has 0 amide bonds. The summed E-state index contributed by atoms with van der Waals surface area (Å²) < 4.78 is 28.5. The van der Waals surface area contributed by atoms with Gasteiger partial charge in [0.25, 0.3) is 0 Å². The van der Waals surface area contributed by atoms with E-state index in [-0.39, 0.29) is 5.75 Å². The first kappa shape index (κ1) is 12.0. The number of alkyl halides is 2. The van der Waals surface area contributed by atoms with E-state index < -0.39 is 6.61 Å². The Morgan fingerprint density at radius 2 is 1.93 bits per heavy atom. The molecular formula is C12H15F2O. The molecule has 0 aromatic heterocycles. The monoisotopic (exact) mass is 213 g/mol. The summed E-state index contributed by atoms with van der Waals surface area (Å²) >= 11 is 0. The van der Waals surface area contributed by atoms with Gasteiger partial charge in [-0.05, 0) is 35.6 Å². The maximum absolute atomic E-state index is 12.1. The highest BCUT2D eigenvalue weighted by Gasteiger charge is 2.08. The van der Waals surface area contributed by atoms with Gasteiger partial charge in [0.05, 0.1) is 0 Å². The Hall–Kier alpha value is -1.12. The van der Waals surface area contributed by atoms with Crippen LogP contribution in [0.1, 0.15) is 31.9 Å². The van der Waals surface area contributed by atoms with Crippen molar-refractivity contribution in [1.29, 1.82) is 0 Å². The zero-order chi connectivity index (χ0) is 11.4. The lowest BCUT2D eigenvalue weighted by Crippen LogP contribution is -2.03. The number of hydrogen-bond acceptors (Lipinski definition) is 1. The number of ether oxygens (including phenoxy) is 1. The van der Waals surface area contributed by atoms with Gasteiger partial charge in [0, 0.05) is 0 Å². The zero-order valence-electron chi connectivity index (χ0n) is 9.18. The van der Waals surface area contributed by atoms with Gasteiger partial charge in [-0.15, -0.1) is 0 Å². The van der Waals surface area contributed by atoms with Crippen molar-refractivity contribution in [1.82, 2.24) is 0 Å². The lowest BCUT2D eigenvalue weighted by atomic mass is 9.99. The Labute approximate surface area is 89.1 Å². The molecule has 3 heteroatoms. The van der Waals surface area contributed by atoms with Gasteiger partial charge < -0.3 is 4.74 Å². The van der Waals surface area contributed by atoms with Crippen molar-refractivity contribution in [3.05, 3.63) is 35.2 Å². The molecule has 0 saturated heterocycles. The Morgan fingerprint density at radius 1 is 1.27 bits per heavy atom. The van der Waals surface area contributed by atoms with Crippen LogP contribution >= 0.6 is 0 Å². The fourth-order valence-electron chi connectivity index (χ4n) is 1.32. The molecule has 0 N–H and O–H groups in total. The molecule has 0 aliphatic carbocycles. The summed E-state index contributed by atoms with van der Waals surface area (Å²) in [6.45, 7) is 3.11. The third kappa shape index (κ3) is 3.50. The third-order valence-corrected chi connectivity index (χ3v) is 2.18. The summed E-state index contributed by atoms with van der Waals surface area (Å²) in [7, 11) is 0. The fourth-order valence-corrected chi connectivity index (χ4v) is 1.32. The molecule has 0 atom stereocenters. The molecule has 0 unspecified atom stereocenters. The number of aryl methyl sites for hydroxylation is 1. The van der Waals surface area contributed by atoms with Crippen LogP contribution in [0.25, 0.3) is 0 Å². The molecule has 0 heterocycles. The second kappa shape index (κ2) is 5.10. The first-order valence-electron chi connectivity index (χ1n) is 4.92. The van der Waals surface area contributed by atoms with Crippen LogP contribution in [-0.2, 0) is 6.42 Å². The van der Waals surface area contributed by atoms with Crippen molar-refractivity contribution >= 4 is 0 Å². The molecule has 1 nitrogen and oxygen atoms in total. The second-order valence-corrected chi connectivity index (χ2v) is 3.60. The van der Waals surface area contributed by atoms with Crippen LogP contribution in [0.15, 0.2) is 18.2 Å². The van der Waals surface area contributed by atoms with Crippen molar-refractivity contribution in [2.45, 2.75) is 33.8 Å². The van der Waals surface area contributed by atoms with E-state index >= 15 is 0 Å². The van der Waals surface area contributed by atoms with Crippen LogP contribution in [0, 0.1) is 5.92 Å². The van der Waals surface area contributed by atoms with E-state index in [4.69, 9.17) is 0 Å². The van der Waals surface area contributed by atoms with Crippen LogP contribution in [0.5, 0.6) is 5.75 Å². The molecule has 0 aliphatic rings. The van der Waals surface area contributed by atoms with Gasteiger partial charge in [0.15, 0.2) is 0 Å². The summed E-state index contributed by atoms with van der Waals surface area (Å²) in [4.78, 5) is 0. The van der Waals surface area contributed by atoms with Crippen LogP contribution in [0.4, 0.5) is 8.78 Å². The van der Waals surface area contributed by atoms with Crippen molar-refractivity contribution in [2.24, 2.45) is 0 Å². The average molecular weight is 213 g/mol. The van der Waals surface area contributed by atoms with E-state index in [1.807, 2.05) is 26.8 Å². The standard InChI is InChI=1S/C12H15F2O/c1-4-9-5-10(8(2)3)7-11(6-9)15-12(13)14/h5-7,12H,4H2,1-3H3. The minimum Gasteiger partial charge on any atom is -0.435 e. The van der Waals surface area contributed by atoms with E-state index in [1.54, 1.807) is 12.1 Å². The molecule has 0 saturated carbocycles. The predicted molar refractivity (Wildman–Crippen MR) is 56.1 cm³/mol. The molecule has 0 aliphatic heterocycles. The lowest BCUT2D eigenvalue weighted by Gasteiger charge is -2.11. The lowest BCUT2D eigenvalue weighted by molar-refractivity contribution is -0.0499. The van der Waals surface area contributed by atoms with E-state index in [9.17, 15) is 8.78 Å². The summed E-state index contributed by atoms with van der Waals surface area (Å²) in [5.74, 6) is 1.32. The van der Waals surface area contributed by atoms with E-state index in [2.05, 4.69) is 4.74 Å². The number of hydrogen-bond donors (Lipinski definition) is 0. The van der Waals surface area contributed by atoms with Gasteiger partial charge in [0.2, 0.25) is 0 Å². The van der Waals surface area contributed by atoms with Crippen LogP contribution in [0.3, 0.4) is 0 Å². The largest absolute Gasteiger partial charge is 0.435 e. The Balaban J connectivity index is 3.00. The Morgan fingerprint density at radius 3 is 2.40 bits per heavy atom. The molecule has 1 radical (unpaired) electrons. The molecule has 0 bridgehead atoms. The quantitative estimate of drug-likeness (QED) is 0.738. The predicted octanol–water partition coefficient (Wildman–Crippen LogP) is 3.81. The van der Waals surface area contributed by atoms with Gasteiger partial charge in [-0.1, -0.05) is 26.8 Å². The zero-order valence-corrected chi connectivity index (χ0v) is 9.18. The van der Waals surface area contributed by atoms with E-state index in [1.165, 1.54) is 0 Å². The third-order valence-electron chi connectivity index (χ3n) is 2.18. The normalized spacial score (nSPS) is 11.1. The molecule has 1 rings (SSSR count). The molecule has 1 aromatic rings. The van der Waals surface area contributed by atoms with Crippen molar-refractivity contribution < 1.29 is 13.5 Å². The van der Waals surface area contributed by atoms with Gasteiger partial charge >= 0.3 is 6.61 Å². The summed E-state index contributed by atoms with van der Waals surface area (Å²) in [5.41, 5.74) is 1.95. The van der Waals surface area contributed by atoms with Gasteiger partial charge in [-0.3, -0.25) is 0 Å². The molecular weight excluding hydrogens is 198 g/mol. The van der Waals surface area contributed by atoms with Crippen molar-refractivity contribution in [3.63, 3.8) is 0 Å². The number of benzene rings is 1. The Bertz CT molecular complexity index is 321. The minimum atomic E-state index is -2.76. The number of rotatable bonds is 4. The van der Waals surface area contributed by atoms with Crippen molar-refractivity contribution in [2.75, 3.05) is 0 Å². The van der Waals surface area contributed by atoms with Gasteiger partial charge in [-0.2, -0.15) is 8.78 Å². The van der Waals surface area contributed by atoms with Gasteiger partial charge in [-0.25, -0.2) is 0 Å². The average Bonchev–Trinajstić information content (AvgIpc) is 2.16. The minimum absolute atomic E-state index is 0.237. The number of halogens is 2. The highest BCUT2D eigenvalue weighted by atomic mass is 19.3. The first-order valence-corrected chi connectivity index (χ1v) is 4.92. The van der Waals surface area contributed by atoms with Crippen molar-refractivity contribution in [3.8, 4) is 5.75 Å². The molecule has 0 fully saturated rings. The first-order chi connectivity index (χ1) is 7.02. The molecule has 0 spiro atoms. The second-order valence-electron chi connectivity index (χ2n) is 3.60. The topological polar surface area (TPSA) is 9.23 Å². The van der Waals surface area contributed by atoms with E-state index in [0.717, 1.165) is 23.5 Å². The highest BCUT2D eigenvalue weighted by molar-refractivity contribution is 5.40. The van der Waals surface area contributed by atoms with Crippen LogP contribution < -0.4 is 4.74 Å². The maximum atomic E-state index is 12.1. The molecule has 15 heavy (non-hydrogen) atoms. The van der Waals surface area contributed by atoms with E-state index in [0.29, 0.717) is 0 Å². The summed E-state index contributed by atoms with van der Waals surface area (Å²) in [6, 6.07) is 5.28. The van der Waals surface area contributed by atoms with Crippen LogP contribution in [-0.4, -0.2) is 6.61 Å². The highest BCUT2D eigenvalue weighted by Crippen LogP contribution is 2.24. The summed E-state index contributed by atoms with van der Waals surface area (Å²) in [5, 5.41) is 0. The fraction of sp³-hybridized carbons (Fsp3) is 0.417. The molecule has 83 valence electrons. The van der Waals surface area contributed by atoms with Crippen LogP contribution in [0.2, 0.25) is 0 Å². The Kier molecular flexibility index (Phi) is 4.06. The van der Waals surface area contributed by atoms with Gasteiger partial charge in [0.1, 0.15) is 5.75 Å². The molecule has 1 aromatic carbocycles. The smallest absolute Gasteiger partial charge is 0.387 e. The summed E-state index contributed by atoms with van der Waals surface area (Å²) in [6.07, 6.45) is 0.806. The maximum Gasteiger partial charge on any atom is 0.387 e. The SMILES string of the molecule is CCc1cc(OC(F)F)cc([C](C)C)c1.